The number of rotatable bonds is 14. The Morgan fingerprint density at radius 2 is 0.525 bits per heavy atom. The lowest BCUT2D eigenvalue weighted by molar-refractivity contribution is 0.660. The van der Waals surface area contributed by atoms with Crippen LogP contribution in [0.15, 0.2) is 492 Å². The average molecular weight is 1800 g/mol. The first kappa shape index (κ1) is 84.1. The van der Waals surface area contributed by atoms with Crippen molar-refractivity contribution in [2.75, 3.05) is 0 Å². The van der Waals surface area contributed by atoms with Crippen molar-refractivity contribution in [3.8, 4) is 158 Å². The van der Waals surface area contributed by atoms with E-state index in [4.69, 9.17) is 39.9 Å². The van der Waals surface area contributed by atoms with Gasteiger partial charge in [-0.05, 0) is 191 Å². The first-order valence-corrected chi connectivity index (χ1v) is 47.7. The van der Waals surface area contributed by atoms with Gasteiger partial charge in [0.1, 0.15) is 0 Å². The maximum atomic E-state index is 5.11. The maximum absolute atomic E-state index is 5.11. The summed E-state index contributed by atoms with van der Waals surface area (Å²) in [6.07, 6.45) is 1.82. The zero-order chi connectivity index (χ0) is 93.9. The molecule has 1 aliphatic carbocycles. The smallest absolute Gasteiger partial charge is 0.164 e. The monoisotopic (exact) mass is 1800 g/mol. The predicted octanol–water partition coefficient (Wildman–Crippen LogP) is 32.7. The van der Waals surface area contributed by atoms with Crippen molar-refractivity contribution in [2.45, 2.75) is 19.3 Å². The van der Waals surface area contributed by atoms with Crippen molar-refractivity contribution in [3.05, 3.63) is 503 Å². The van der Waals surface area contributed by atoms with Crippen molar-refractivity contribution >= 4 is 87.0 Å². The molecule has 27 rings (SSSR count). The van der Waals surface area contributed by atoms with E-state index < -0.39 is 0 Å². The van der Waals surface area contributed by atoms with Gasteiger partial charge in [0.05, 0.1) is 38.8 Å². The van der Waals surface area contributed by atoms with Gasteiger partial charge in [-0.15, -0.1) is 0 Å². The van der Waals surface area contributed by atoms with E-state index >= 15 is 0 Å². The zero-order valence-corrected chi connectivity index (χ0v) is 77.2. The van der Waals surface area contributed by atoms with E-state index in [-0.39, 0.29) is 5.41 Å². The highest BCUT2D eigenvalue weighted by Gasteiger charge is 2.35. The molecule has 6 heterocycles. The molecule has 0 fully saturated rings. The lowest BCUT2D eigenvalue weighted by atomic mass is 9.82. The molecule has 26 aromatic rings. The molecule has 0 aliphatic heterocycles. The zero-order valence-electron chi connectivity index (χ0n) is 77.2. The minimum atomic E-state index is -0.00113. The molecule has 662 valence electrons. The number of hydrogen-bond acceptors (Lipinski definition) is 9. The topological polar surface area (TPSA) is 126 Å². The Morgan fingerprint density at radius 3 is 1.09 bits per heavy atom. The third kappa shape index (κ3) is 15.7. The minimum absolute atomic E-state index is 0.00113. The SMILES string of the molecule is CC1(C)c2ccccc2-c2cc(-c3cccc(-c4nc(-c5ccccc5)nc(-c5ccccc5)n4)c3)ccc21.c1ccc(-c2nc(-c3ccc(-n4c5ccccc5c5cc(-c6ccc7c(c6)c6ccccc6n7-c6ccccc6)ccc54)cc3)nc3ccccc23)cc1.c1ccc2c(-c3ccc(-c4nc(-c5ccc(-c6cccc7ccccc67)cc5)nc(-c5ccnc6ccccc56)n4)cc3)cccc2c1. The molecule has 0 saturated carbocycles. The van der Waals surface area contributed by atoms with Gasteiger partial charge in [0.2, 0.25) is 0 Å². The fraction of sp³-hybridized carbons (Fsp3) is 0.0231. The van der Waals surface area contributed by atoms with Crippen molar-refractivity contribution < 1.29 is 0 Å². The molecule has 141 heavy (non-hydrogen) atoms. The number of nitrogens with zero attached hydrogens (tertiary/aromatic N) is 11. The molecule has 0 N–H and O–H groups in total. The van der Waals surface area contributed by atoms with E-state index in [0.717, 1.165) is 100 Å². The average Bonchev–Trinajstić information content (AvgIpc) is 1.58. The van der Waals surface area contributed by atoms with Crippen LogP contribution in [-0.2, 0) is 5.41 Å². The number of hydrogen-bond donors (Lipinski definition) is 0. The molecule has 0 amide bonds. The molecule has 0 atom stereocenters. The van der Waals surface area contributed by atoms with Crippen LogP contribution in [-0.4, -0.2) is 54.0 Å². The summed E-state index contributed by atoms with van der Waals surface area (Å²) >= 11 is 0. The standard InChI is InChI=1S/C50H32N4.C44H28N4.C36H27N3/c1-3-13-33(14-4-1)49-41-19-7-10-20-44(41)51-50(52-49)34-23-27-38(28-24-34)54-46-22-12-9-18-40(46)43-32-36(26-30-48(43)54)35-25-29-47-42(31-35)39-17-8-11-21-45(39)53(47)37-15-5-2-6-16-37;1-3-13-35-29(9-1)11-7-16-37(35)31-19-23-33(24-20-31)42-46-43(48-44(47-42)40-27-28-45-41-18-6-5-15-39(40)41)34-25-21-32(22-26-34)38-17-8-12-30-10-2-4-14-36(30)38;1-36(2)31-19-10-9-18-29(31)30-23-27(20-21-32(30)36)26-16-11-17-28(22-26)35-38-33(24-12-5-3-6-13-24)37-34(39-35)25-14-7-4-8-15-25/h1-32H;1-28H;3-23H,1-2H3. The molecular formula is C130H87N11. The van der Waals surface area contributed by atoms with Crippen LogP contribution in [0.2, 0.25) is 0 Å². The van der Waals surface area contributed by atoms with Crippen molar-refractivity contribution in [1.82, 2.24) is 54.0 Å². The van der Waals surface area contributed by atoms with Crippen LogP contribution in [0.25, 0.3) is 245 Å². The summed E-state index contributed by atoms with van der Waals surface area (Å²) in [5, 5.41) is 11.9. The van der Waals surface area contributed by atoms with Gasteiger partial charge in [-0.1, -0.05) is 396 Å². The molecule has 0 unspecified atom stereocenters. The normalized spacial score (nSPS) is 12.0. The van der Waals surface area contributed by atoms with Gasteiger partial charge in [0.25, 0.3) is 0 Å². The summed E-state index contributed by atoms with van der Waals surface area (Å²) in [6, 6.07) is 170. The molecular weight excluding hydrogens is 1720 g/mol. The van der Waals surface area contributed by atoms with Crippen LogP contribution in [0.3, 0.4) is 0 Å². The molecule has 0 spiro atoms. The maximum Gasteiger partial charge on any atom is 0.164 e. The van der Waals surface area contributed by atoms with Gasteiger partial charge in [-0.2, -0.15) is 0 Å². The molecule has 0 bridgehead atoms. The van der Waals surface area contributed by atoms with Crippen LogP contribution < -0.4 is 0 Å². The molecule has 6 aromatic heterocycles. The molecule has 11 nitrogen and oxygen atoms in total. The fourth-order valence-electron chi connectivity index (χ4n) is 20.5. The molecule has 20 aromatic carbocycles. The van der Waals surface area contributed by atoms with Crippen LogP contribution in [0, 0.1) is 0 Å². The van der Waals surface area contributed by atoms with E-state index in [1.807, 2.05) is 109 Å². The molecule has 11 heteroatoms. The first-order chi connectivity index (χ1) is 69.6. The fourth-order valence-corrected chi connectivity index (χ4v) is 20.5. The van der Waals surface area contributed by atoms with Crippen molar-refractivity contribution in [2.24, 2.45) is 0 Å². The van der Waals surface area contributed by atoms with Gasteiger partial charge in [0.15, 0.2) is 40.8 Å². The van der Waals surface area contributed by atoms with Crippen LogP contribution in [0.4, 0.5) is 0 Å². The third-order valence-electron chi connectivity index (χ3n) is 27.5. The minimum Gasteiger partial charge on any atom is -0.309 e. The molecule has 1 aliphatic rings. The van der Waals surface area contributed by atoms with Crippen molar-refractivity contribution in [1.29, 1.82) is 0 Å². The van der Waals surface area contributed by atoms with Crippen molar-refractivity contribution in [3.63, 3.8) is 0 Å². The third-order valence-corrected chi connectivity index (χ3v) is 27.5. The first-order valence-electron chi connectivity index (χ1n) is 47.7. The van der Waals surface area contributed by atoms with Crippen LogP contribution >= 0.6 is 0 Å². The number of pyridine rings is 1. The highest BCUT2D eigenvalue weighted by molar-refractivity contribution is 6.13. The molecule has 0 radical (unpaired) electrons. The Labute approximate surface area is 815 Å². The Morgan fingerprint density at radius 1 is 0.177 bits per heavy atom. The summed E-state index contributed by atoms with van der Waals surface area (Å²) in [4.78, 5) is 44.5. The second kappa shape index (κ2) is 35.8. The second-order valence-electron chi connectivity index (χ2n) is 36.3. The van der Waals surface area contributed by atoms with E-state index in [1.54, 1.807) is 0 Å². The number of aromatic nitrogens is 11. The van der Waals surface area contributed by atoms with Gasteiger partial charge in [-0.25, -0.2) is 39.9 Å². The van der Waals surface area contributed by atoms with E-state index in [0.29, 0.717) is 34.9 Å². The highest BCUT2D eigenvalue weighted by Crippen LogP contribution is 2.51. The van der Waals surface area contributed by atoms with E-state index in [2.05, 4.69) is 410 Å². The van der Waals surface area contributed by atoms with Crippen LogP contribution in [0.5, 0.6) is 0 Å². The summed E-state index contributed by atoms with van der Waals surface area (Å²) in [7, 11) is 0. The lowest BCUT2D eigenvalue weighted by Crippen LogP contribution is -2.14. The second-order valence-corrected chi connectivity index (χ2v) is 36.3. The van der Waals surface area contributed by atoms with Gasteiger partial charge >= 0.3 is 0 Å². The van der Waals surface area contributed by atoms with Gasteiger partial charge in [-0.3, -0.25) is 4.98 Å². The number of benzene rings is 20. The summed E-state index contributed by atoms with van der Waals surface area (Å²) in [5.74, 6) is 4.58. The summed E-state index contributed by atoms with van der Waals surface area (Å²) < 4.78 is 4.73. The Balaban J connectivity index is 0.000000113. The Bertz CT molecular complexity index is 9090. The largest absolute Gasteiger partial charge is 0.309 e. The summed E-state index contributed by atoms with van der Waals surface area (Å²) in [5.41, 5.74) is 32.4. The van der Waals surface area contributed by atoms with E-state index in [9.17, 15) is 0 Å². The number of para-hydroxylation sites is 5. The molecule has 0 saturated heterocycles. The van der Waals surface area contributed by atoms with E-state index in [1.165, 1.54) is 121 Å². The lowest BCUT2D eigenvalue weighted by Gasteiger charge is -2.21. The van der Waals surface area contributed by atoms with Crippen LogP contribution in [0.1, 0.15) is 25.0 Å². The van der Waals surface area contributed by atoms with Gasteiger partial charge < -0.3 is 9.13 Å². The highest BCUT2D eigenvalue weighted by atomic mass is 15.0. The van der Waals surface area contributed by atoms with Gasteiger partial charge in [0, 0.05) is 99.8 Å². The Hall–Kier alpha value is -18.7. The number of fused-ring (bicyclic) bond motifs is 13. The Kier molecular flexibility index (Phi) is 21.4. The summed E-state index contributed by atoms with van der Waals surface area (Å²) in [6.45, 7) is 4.63. The predicted molar refractivity (Wildman–Crippen MR) is 581 cm³/mol. The quantitative estimate of drug-likeness (QED) is 0.105.